The second kappa shape index (κ2) is 4.74. The van der Waals surface area contributed by atoms with E-state index in [9.17, 15) is 9.59 Å². The fourth-order valence-electron chi connectivity index (χ4n) is 2.32. The molecule has 0 aliphatic heterocycles. The number of ketones is 1. The van der Waals surface area contributed by atoms with Gasteiger partial charge in [0.25, 0.3) is 0 Å². The summed E-state index contributed by atoms with van der Waals surface area (Å²) in [6.45, 7) is 3.99. The standard InChI is InChI=1S/C17H15NO3/c1-10-4-5-12(8-11(10)2)16(19)13-6-7-14-15(9-13)21-17(20)18(14)3/h4-9H,1-3H3. The van der Waals surface area contributed by atoms with Crippen molar-refractivity contribution in [2.75, 3.05) is 0 Å². The average Bonchev–Trinajstić information content (AvgIpc) is 2.76. The molecule has 0 aliphatic carbocycles. The first-order valence-electron chi connectivity index (χ1n) is 6.69. The maximum absolute atomic E-state index is 12.5. The van der Waals surface area contributed by atoms with E-state index in [1.165, 1.54) is 4.57 Å². The van der Waals surface area contributed by atoms with Gasteiger partial charge >= 0.3 is 5.76 Å². The Morgan fingerprint density at radius 1 is 1.00 bits per heavy atom. The van der Waals surface area contributed by atoms with Gasteiger partial charge < -0.3 is 4.42 Å². The monoisotopic (exact) mass is 281 g/mol. The van der Waals surface area contributed by atoms with Gasteiger partial charge in [0.15, 0.2) is 11.4 Å². The highest BCUT2D eigenvalue weighted by atomic mass is 16.4. The predicted octanol–water partition coefficient (Wildman–Crippen LogP) is 2.98. The van der Waals surface area contributed by atoms with E-state index < -0.39 is 5.76 Å². The SMILES string of the molecule is Cc1ccc(C(=O)c2ccc3c(c2)oc(=O)n3C)cc1C. The van der Waals surface area contributed by atoms with Gasteiger partial charge in [-0.05, 0) is 49.2 Å². The molecule has 4 heteroatoms. The first-order valence-corrected chi connectivity index (χ1v) is 6.69. The number of nitrogens with zero attached hydrogens (tertiary/aromatic N) is 1. The molecule has 0 amide bonds. The van der Waals surface area contributed by atoms with Gasteiger partial charge in [-0.2, -0.15) is 0 Å². The molecule has 0 saturated carbocycles. The van der Waals surface area contributed by atoms with Crippen molar-refractivity contribution < 1.29 is 9.21 Å². The van der Waals surface area contributed by atoms with Crippen LogP contribution in [-0.2, 0) is 7.05 Å². The van der Waals surface area contributed by atoms with Gasteiger partial charge in [0, 0.05) is 18.2 Å². The molecule has 106 valence electrons. The average molecular weight is 281 g/mol. The van der Waals surface area contributed by atoms with Crippen LogP contribution in [0, 0.1) is 13.8 Å². The Balaban J connectivity index is 2.09. The van der Waals surface area contributed by atoms with Crippen molar-refractivity contribution in [1.29, 1.82) is 0 Å². The molecule has 21 heavy (non-hydrogen) atoms. The third-order valence-electron chi connectivity index (χ3n) is 3.82. The Hall–Kier alpha value is -2.62. The zero-order valence-electron chi connectivity index (χ0n) is 12.1. The first kappa shape index (κ1) is 13.4. The maximum atomic E-state index is 12.5. The van der Waals surface area contributed by atoms with Crippen LogP contribution in [0.3, 0.4) is 0 Å². The van der Waals surface area contributed by atoms with Crippen LogP contribution in [0.5, 0.6) is 0 Å². The molecule has 3 aromatic rings. The van der Waals surface area contributed by atoms with Crippen LogP contribution in [0.25, 0.3) is 11.1 Å². The molecular formula is C17H15NO3. The van der Waals surface area contributed by atoms with Gasteiger partial charge in [-0.3, -0.25) is 9.36 Å². The second-order valence-electron chi connectivity index (χ2n) is 5.24. The van der Waals surface area contributed by atoms with Crippen LogP contribution >= 0.6 is 0 Å². The van der Waals surface area contributed by atoms with E-state index in [-0.39, 0.29) is 5.78 Å². The number of oxazole rings is 1. The first-order chi connectivity index (χ1) is 9.97. The Bertz CT molecular complexity index is 915. The lowest BCUT2D eigenvalue weighted by Gasteiger charge is -2.05. The van der Waals surface area contributed by atoms with Crippen LogP contribution in [0.2, 0.25) is 0 Å². The summed E-state index contributed by atoms with van der Waals surface area (Å²) in [5.41, 5.74) is 4.48. The minimum atomic E-state index is -0.430. The van der Waals surface area contributed by atoms with Crippen molar-refractivity contribution in [2.24, 2.45) is 7.05 Å². The lowest BCUT2D eigenvalue weighted by molar-refractivity contribution is 0.103. The smallest absolute Gasteiger partial charge is 0.408 e. The minimum absolute atomic E-state index is 0.0773. The molecule has 0 spiro atoms. The zero-order valence-corrected chi connectivity index (χ0v) is 12.1. The Kier molecular flexibility index (Phi) is 3.01. The molecule has 0 bridgehead atoms. The number of hydrogen-bond donors (Lipinski definition) is 0. The molecule has 1 heterocycles. The molecule has 0 saturated heterocycles. The molecule has 0 N–H and O–H groups in total. The third-order valence-corrected chi connectivity index (χ3v) is 3.82. The third kappa shape index (κ3) is 2.18. The highest BCUT2D eigenvalue weighted by molar-refractivity contribution is 6.10. The van der Waals surface area contributed by atoms with Crippen LogP contribution < -0.4 is 5.76 Å². The fraction of sp³-hybridized carbons (Fsp3) is 0.176. The van der Waals surface area contributed by atoms with Gasteiger partial charge in [0.2, 0.25) is 0 Å². The van der Waals surface area contributed by atoms with E-state index in [1.54, 1.807) is 25.2 Å². The van der Waals surface area contributed by atoms with E-state index >= 15 is 0 Å². The summed E-state index contributed by atoms with van der Waals surface area (Å²) in [5.74, 6) is -0.507. The van der Waals surface area contributed by atoms with Crippen molar-refractivity contribution >= 4 is 16.9 Å². The summed E-state index contributed by atoms with van der Waals surface area (Å²) >= 11 is 0. The highest BCUT2D eigenvalue weighted by Crippen LogP contribution is 2.18. The normalized spacial score (nSPS) is 11.0. The van der Waals surface area contributed by atoms with Crippen molar-refractivity contribution in [1.82, 2.24) is 4.57 Å². The Labute approximate surface area is 121 Å². The van der Waals surface area contributed by atoms with E-state index in [4.69, 9.17) is 4.42 Å². The molecular weight excluding hydrogens is 266 g/mol. The number of fused-ring (bicyclic) bond motifs is 1. The molecule has 0 unspecified atom stereocenters. The summed E-state index contributed by atoms with van der Waals surface area (Å²) in [6.07, 6.45) is 0. The number of carbonyl (C=O) groups is 1. The van der Waals surface area contributed by atoms with Crippen molar-refractivity contribution in [3.63, 3.8) is 0 Å². The number of aryl methyl sites for hydroxylation is 3. The van der Waals surface area contributed by atoms with Crippen LogP contribution in [0.4, 0.5) is 0 Å². The molecule has 0 atom stereocenters. The quantitative estimate of drug-likeness (QED) is 0.678. The van der Waals surface area contributed by atoms with Gasteiger partial charge in [0.1, 0.15) is 0 Å². The van der Waals surface area contributed by atoms with Crippen molar-refractivity contribution in [2.45, 2.75) is 13.8 Å². The van der Waals surface area contributed by atoms with Gasteiger partial charge in [-0.15, -0.1) is 0 Å². The maximum Gasteiger partial charge on any atom is 0.419 e. The van der Waals surface area contributed by atoms with Crippen molar-refractivity contribution in [3.05, 3.63) is 69.2 Å². The zero-order chi connectivity index (χ0) is 15.1. The van der Waals surface area contributed by atoms with E-state index in [2.05, 4.69) is 0 Å². The van der Waals surface area contributed by atoms with E-state index in [1.807, 2.05) is 32.0 Å². The van der Waals surface area contributed by atoms with Crippen LogP contribution in [-0.4, -0.2) is 10.4 Å². The second-order valence-corrected chi connectivity index (χ2v) is 5.24. The Morgan fingerprint density at radius 2 is 1.67 bits per heavy atom. The summed E-state index contributed by atoms with van der Waals surface area (Å²) in [6, 6.07) is 10.7. The fourth-order valence-corrected chi connectivity index (χ4v) is 2.32. The minimum Gasteiger partial charge on any atom is -0.408 e. The number of rotatable bonds is 2. The van der Waals surface area contributed by atoms with E-state index in [0.717, 1.165) is 11.1 Å². The molecule has 0 aliphatic rings. The van der Waals surface area contributed by atoms with Crippen LogP contribution in [0.15, 0.2) is 45.6 Å². The molecule has 0 radical (unpaired) electrons. The summed E-state index contributed by atoms with van der Waals surface area (Å²) in [4.78, 5) is 24.0. The number of hydrogen-bond acceptors (Lipinski definition) is 3. The molecule has 4 nitrogen and oxygen atoms in total. The number of benzene rings is 2. The largest absolute Gasteiger partial charge is 0.419 e. The molecule has 0 fully saturated rings. The van der Waals surface area contributed by atoms with Crippen molar-refractivity contribution in [3.8, 4) is 0 Å². The topological polar surface area (TPSA) is 52.2 Å². The summed E-state index contributed by atoms with van der Waals surface area (Å²) in [5, 5.41) is 0. The van der Waals surface area contributed by atoms with Crippen LogP contribution in [0.1, 0.15) is 27.0 Å². The number of aromatic nitrogens is 1. The Morgan fingerprint density at radius 3 is 2.38 bits per heavy atom. The molecule has 2 aromatic carbocycles. The van der Waals surface area contributed by atoms with Gasteiger partial charge in [-0.25, -0.2) is 4.79 Å². The molecule has 3 rings (SSSR count). The lowest BCUT2D eigenvalue weighted by Crippen LogP contribution is -2.08. The number of carbonyl (C=O) groups excluding carboxylic acids is 1. The van der Waals surface area contributed by atoms with Gasteiger partial charge in [0.05, 0.1) is 5.52 Å². The lowest BCUT2D eigenvalue weighted by atomic mass is 9.99. The van der Waals surface area contributed by atoms with E-state index in [0.29, 0.717) is 22.2 Å². The highest BCUT2D eigenvalue weighted by Gasteiger charge is 2.13. The summed E-state index contributed by atoms with van der Waals surface area (Å²) in [7, 11) is 1.64. The molecule has 1 aromatic heterocycles. The predicted molar refractivity (Wildman–Crippen MR) is 80.8 cm³/mol. The summed E-state index contributed by atoms with van der Waals surface area (Å²) < 4.78 is 6.54. The van der Waals surface area contributed by atoms with Gasteiger partial charge in [-0.1, -0.05) is 12.1 Å².